The SMILES string of the molecule is C=CCN1C[C@H](CCl)[C@@H](C(=O)c2ccc([N+](=O)[O-])cc2)C1=O. The van der Waals surface area contributed by atoms with Gasteiger partial charge in [0.25, 0.3) is 5.69 Å². The second-order valence-corrected chi connectivity index (χ2v) is 5.40. The summed E-state index contributed by atoms with van der Waals surface area (Å²) in [6.45, 7) is 4.37. The molecule has 1 aromatic rings. The van der Waals surface area contributed by atoms with Crippen molar-refractivity contribution in [2.45, 2.75) is 0 Å². The highest BCUT2D eigenvalue weighted by Crippen LogP contribution is 2.29. The number of hydrogen-bond donors (Lipinski definition) is 0. The van der Waals surface area contributed by atoms with Crippen LogP contribution in [-0.4, -0.2) is 40.5 Å². The largest absolute Gasteiger partial charge is 0.338 e. The zero-order valence-electron chi connectivity index (χ0n) is 11.8. The summed E-state index contributed by atoms with van der Waals surface area (Å²) in [6.07, 6.45) is 1.60. The molecule has 0 radical (unpaired) electrons. The fourth-order valence-corrected chi connectivity index (χ4v) is 2.86. The van der Waals surface area contributed by atoms with Crippen molar-refractivity contribution in [1.29, 1.82) is 0 Å². The maximum atomic E-state index is 12.6. The van der Waals surface area contributed by atoms with Crippen LogP contribution in [0.5, 0.6) is 0 Å². The average molecular weight is 323 g/mol. The lowest BCUT2D eigenvalue weighted by Crippen LogP contribution is -2.31. The van der Waals surface area contributed by atoms with E-state index < -0.39 is 10.8 Å². The number of nitro benzene ring substituents is 1. The van der Waals surface area contributed by atoms with E-state index in [2.05, 4.69) is 6.58 Å². The van der Waals surface area contributed by atoms with Crippen molar-refractivity contribution < 1.29 is 14.5 Å². The minimum Gasteiger partial charge on any atom is -0.338 e. The summed E-state index contributed by atoms with van der Waals surface area (Å²) in [5.41, 5.74) is 0.177. The van der Waals surface area contributed by atoms with Gasteiger partial charge in [0.15, 0.2) is 5.78 Å². The van der Waals surface area contributed by atoms with Gasteiger partial charge >= 0.3 is 0 Å². The van der Waals surface area contributed by atoms with Gasteiger partial charge in [-0.05, 0) is 12.1 Å². The maximum Gasteiger partial charge on any atom is 0.269 e. The van der Waals surface area contributed by atoms with E-state index in [1.165, 1.54) is 24.3 Å². The molecule has 116 valence electrons. The Labute approximate surface area is 132 Å². The van der Waals surface area contributed by atoms with Gasteiger partial charge in [0.1, 0.15) is 5.92 Å². The summed E-state index contributed by atoms with van der Waals surface area (Å²) < 4.78 is 0. The van der Waals surface area contributed by atoms with Crippen LogP contribution in [0, 0.1) is 22.0 Å². The Morgan fingerprint density at radius 2 is 2.09 bits per heavy atom. The molecule has 2 rings (SSSR count). The predicted molar refractivity (Wildman–Crippen MR) is 81.9 cm³/mol. The number of nitro groups is 1. The molecule has 6 nitrogen and oxygen atoms in total. The minimum atomic E-state index is -0.834. The van der Waals surface area contributed by atoms with Crippen molar-refractivity contribution in [3.63, 3.8) is 0 Å². The molecular weight excluding hydrogens is 308 g/mol. The van der Waals surface area contributed by atoms with Crippen LogP contribution in [-0.2, 0) is 4.79 Å². The molecule has 1 aliphatic rings. The molecule has 1 amide bonds. The molecule has 1 aromatic carbocycles. The molecule has 22 heavy (non-hydrogen) atoms. The van der Waals surface area contributed by atoms with E-state index >= 15 is 0 Å². The van der Waals surface area contributed by atoms with Crippen LogP contribution < -0.4 is 0 Å². The highest BCUT2D eigenvalue weighted by molar-refractivity contribution is 6.19. The fraction of sp³-hybridized carbons (Fsp3) is 0.333. The molecule has 7 heteroatoms. The molecule has 2 atom stereocenters. The number of carbonyl (C=O) groups is 2. The van der Waals surface area contributed by atoms with Crippen LogP contribution in [0.2, 0.25) is 0 Å². The zero-order chi connectivity index (χ0) is 16.3. The lowest BCUT2D eigenvalue weighted by Gasteiger charge is -2.13. The van der Waals surface area contributed by atoms with Gasteiger partial charge in [0, 0.05) is 42.6 Å². The zero-order valence-corrected chi connectivity index (χ0v) is 12.5. The summed E-state index contributed by atoms with van der Waals surface area (Å²) in [5, 5.41) is 10.6. The lowest BCUT2D eigenvalue weighted by molar-refractivity contribution is -0.384. The van der Waals surface area contributed by atoms with Crippen molar-refractivity contribution in [2.24, 2.45) is 11.8 Å². The number of likely N-dealkylation sites (tertiary alicyclic amines) is 1. The first-order chi connectivity index (χ1) is 10.5. The van der Waals surface area contributed by atoms with Crippen LogP contribution in [0.15, 0.2) is 36.9 Å². The third-order valence-electron chi connectivity index (χ3n) is 3.70. The number of amides is 1. The quantitative estimate of drug-likeness (QED) is 0.201. The number of rotatable bonds is 6. The Bertz CT molecular complexity index is 614. The first-order valence-electron chi connectivity index (χ1n) is 6.74. The van der Waals surface area contributed by atoms with Crippen molar-refractivity contribution >= 4 is 29.0 Å². The highest BCUT2D eigenvalue weighted by Gasteiger charge is 2.44. The molecule has 1 aliphatic heterocycles. The smallest absolute Gasteiger partial charge is 0.269 e. The van der Waals surface area contributed by atoms with E-state index in [0.717, 1.165) is 0 Å². The monoisotopic (exact) mass is 322 g/mol. The second kappa shape index (κ2) is 6.70. The molecule has 1 saturated heterocycles. The summed E-state index contributed by atoms with van der Waals surface area (Å²) in [6, 6.07) is 5.25. The van der Waals surface area contributed by atoms with Crippen LogP contribution in [0.3, 0.4) is 0 Å². The Morgan fingerprint density at radius 3 is 2.59 bits per heavy atom. The molecule has 0 aliphatic carbocycles. The summed E-state index contributed by atoms with van der Waals surface area (Å²) in [5.74, 6) is -1.52. The van der Waals surface area contributed by atoms with Gasteiger partial charge in [-0.25, -0.2) is 0 Å². The Kier molecular flexibility index (Phi) is 4.92. The standard InChI is InChI=1S/C15H15ClN2O4/c1-2-7-17-9-11(8-16)13(15(17)20)14(19)10-3-5-12(6-4-10)18(21)22/h2-6,11,13H,1,7-9H2/t11-,13-/m0/s1. The first-order valence-corrected chi connectivity index (χ1v) is 7.27. The van der Waals surface area contributed by atoms with E-state index in [9.17, 15) is 19.7 Å². The highest BCUT2D eigenvalue weighted by atomic mass is 35.5. The van der Waals surface area contributed by atoms with Crippen molar-refractivity contribution in [3.8, 4) is 0 Å². The molecule has 0 spiro atoms. The minimum absolute atomic E-state index is 0.100. The van der Waals surface area contributed by atoms with Crippen LogP contribution >= 0.6 is 11.6 Å². The number of halogens is 1. The lowest BCUT2D eigenvalue weighted by atomic mass is 9.89. The number of hydrogen-bond acceptors (Lipinski definition) is 4. The predicted octanol–water partition coefficient (Wildman–Crippen LogP) is 2.28. The molecule has 0 bridgehead atoms. The van der Waals surface area contributed by atoms with Crippen LogP contribution in [0.1, 0.15) is 10.4 Å². The van der Waals surface area contributed by atoms with Crippen LogP contribution in [0.4, 0.5) is 5.69 Å². The summed E-state index contributed by atoms with van der Waals surface area (Å²) in [4.78, 5) is 36.5. The average Bonchev–Trinajstić information content (AvgIpc) is 2.83. The van der Waals surface area contributed by atoms with E-state index in [-0.39, 0.29) is 34.7 Å². The topological polar surface area (TPSA) is 80.5 Å². The number of alkyl halides is 1. The molecule has 0 saturated carbocycles. The van der Waals surface area contributed by atoms with E-state index in [1.807, 2.05) is 0 Å². The Morgan fingerprint density at radius 1 is 1.45 bits per heavy atom. The molecule has 0 aromatic heterocycles. The Balaban J connectivity index is 2.24. The number of benzene rings is 1. The number of carbonyl (C=O) groups excluding carboxylic acids is 2. The summed E-state index contributed by atoms with van der Waals surface area (Å²) >= 11 is 5.89. The number of Topliss-reactive ketones (excluding diaryl/α,β-unsaturated/α-hetero) is 1. The van der Waals surface area contributed by atoms with Gasteiger partial charge in [0.05, 0.1) is 4.92 Å². The van der Waals surface area contributed by atoms with Crippen molar-refractivity contribution in [2.75, 3.05) is 19.0 Å². The van der Waals surface area contributed by atoms with E-state index in [1.54, 1.807) is 11.0 Å². The normalized spacial score (nSPS) is 21.0. The molecule has 1 heterocycles. The van der Waals surface area contributed by atoms with Gasteiger partial charge in [-0.3, -0.25) is 19.7 Å². The van der Waals surface area contributed by atoms with E-state index in [0.29, 0.717) is 13.1 Å². The van der Waals surface area contributed by atoms with Gasteiger partial charge in [-0.2, -0.15) is 0 Å². The van der Waals surface area contributed by atoms with Crippen LogP contribution in [0.25, 0.3) is 0 Å². The molecule has 0 N–H and O–H groups in total. The van der Waals surface area contributed by atoms with Gasteiger partial charge < -0.3 is 4.90 Å². The van der Waals surface area contributed by atoms with Gasteiger partial charge in [0.2, 0.25) is 5.91 Å². The second-order valence-electron chi connectivity index (χ2n) is 5.09. The third kappa shape index (κ3) is 3.01. The third-order valence-corrected chi connectivity index (χ3v) is 4.09. The Hall–Kier alpha value is -2.21. The molecule has 0 unspecified atom stereocenters. The van der Waals surface area contributed by atoms with Crippen molar-refractivity contribution in [3.05, 3.63) is 52.6 Å². The van der Waals surface area contributed by atoms with E-state index in [4.69, 9.17) is 11.6 Å². The number of ketones is 1. The number of nitrogens with zero attached hydrogens (tertiary/aromatic N) is 2. The van der Waals surface area contributed by atoms with Gasteiger partial charge in [-0.15, -0.1) is 18.2 Å². The summed E-state index contributed by atoms with van der Waals surface area (Å²) in [7, 11) is 0. The maximum absolute atomic E-state index is 12.6. The molecule has 1 fully saturated rings. The fourth-order valence-electron chi connectivity index (χ4n) is 2.59. The first kappa shape index (κ1) is 16.2. The van der Waals surface area contributed by atoms with Crippen molar-refractivity contribution in [1.82, 2.24) is 4.90 Å². The van der Waals surface area contributed by atoms with Gasteiger partial charge in [-0.1, -0.05) is 6.08 Å². The number of non-ortho nitro benzene ring substituents is 1. The molecular formula is C15H15ClN2O4.